The lowest BCUT2D eigenvalue weighted by molar-refractivity contribution is 0.171. The van der Waals surface area contributed by atoms with E-state index in [0.29, 0.717) is 18.5 Å². The van der Waals surface area contributed by atoms with Crippen LogP contribution in [-0.4, -0.2) is 24.2 Å². The molecule has 0 spiro atoms. The number of rotatable bonds is 5. The third kappa shape index (κ3) is 3.31. The average Bonchev–Trinajstić information content (AvgIpc) is 2.39. The van der Waals surface area contributed by atoms with Gasteiger partial charge in [0.2, 0.25) is 0 Å². The maximum Gasteiger partial charge on any atom is 0.161 e. The molecule has 1 aliphatic heterocycles. The number of hydrogen-bond donors (Lipinski definition) is 2. The lowest BCUT2D eigenvalue weighted by atomic mass is 10.1. The Kier molecular flexibility index (Phi) is 4.74. The van der Waals surface area contributed by atoms with Gasteiger partial charge in [0.25, 0.3) is 0 Å². The number of fused-ring (bicyclic) bond motifs is 1. The fourth-order valence-electron chi connectivity index (χ4n) is 1.81. The van der Waals surface area contributed by atoms with Gasteiger partial charge in [-0.1, -0.05) is 19.9 Å². The molecule has 0 amide bonds. The fourth-order valence-corrected chi connectivity index (χ4v) is 2.67. The summed E-state index contributed by atoms with van der Waals surface area (Å²) in [5.74, 6) is 8.20. The lowest BCUT2D eigenvalue weighted by Crippen LogP contribution is -2.30. The molecule has 18 heavy (non-hydrogen) atoms. The summed E-state index contributed by atoms with van der Waals surface area (Å²) in [7, 11) is 0. The Bertz CT molecular complexity index is 399. The van der Waals surface area contributed by atoms with Gasteiger partial charge in [-0.05, 0) is 22.9 Å². The van der Waals surface area contributed by atoms with Crippen LogP contribution in [0.1, 0.15) is 25.5 Å². The summed E-state index contributed by atoms with van der Waals surface area (Å²) in [6, 6.07) is 6.14. The van der Waals surface area contributed by atoms with Gasteiger partial charge in [-0.3, -0.25) is 11.3 Å². The van der Waals surface area contributed by atoms with Crippen molar-refractivity contribution in [3.63, 3.8) is 0 Å². The monoisotopic (exact) mass is 268 g/mol. The van der Waals surface area contributed by atoms with E-state index in [9.17, 15) is 0 Å². The molecule has 0 bridgehead atoms. The average molecular weight is 268 g/mol. The van der Waals surface area contributed by atoms with Gasteiger partial charge in [-0.25, -0.2) is 0 Å². The van der Waals surface area contributed by atoms with Crippen molar-refractivity contribution in [1.82, 2.24) is 5.43 Å². The van der Waals surface area contributed by atoms with Crippen LogP contribution < -0.4 is 20.7 Å². The van der Waals surface area contributed by atoms with E-state index in [0.717, 1.165) is 22.8 Å². The summed E-state index contributed by atoms with van der Waals surface area (Å²) in [4.78, 5) is 0. The van der Waals surface area contributed by atoms with Crippen molar-refractivity contribution < 1.29 is 9.47 Å². The Balaban J connectivity index is 2.10. The van der Waals surface area contributed by atoms with E-state index in [2.05, 4.69) is 19.3 Å². The number of benzene rings is 1. The van der Waals surface area contributed by atoms with Crippen LogP contribution in [0.25, 0.3) is 0 Å². The molecule has 1 aromatic carbocycles. The standard InChI is InChI=1S/C13H20N2O2S/c1-9(2)18-8-11(15-14)10-3-4-12-13(7-10)17-6-5-16-12/h3-4,7,9,11,15H,5-6,8,14H2,1-2H3. The molecule has 1 aromatic rings. The minimum Gasteiger partial charge on any atom is -0.486 e. The first-order valence-corrected chi connectivity index (χ1v) is 7.23. The summed E-state index contributed by atoms with van der Waals surface area (Å²) in [5, 5.41) is 0.595. The van der Waals surface area contributed by atoms with Crippen LogP contribution in [0.4, 0.5) is 0 Å². The van der Waals surface area contributed by atoms with Gasteiger partial charge < -0.3 is 9.47 Å². The van der Waals surface area contributed by atoms with Gasteiger partial charge in [0.15, 0.2) is 11.5 Å². The molecular formula is C13H20N2O2S. The van der Waals surface area contributed by atoms with E-state index in [1.807, 2.05) is 30.0 Å². The number of ether oxygens (including phenoxy) is 2. The van der Waals surface area contributed by atoms with Gasteiger partial charge >= 0.3 is 0 Å². The summed E-state index contributed by atoms with van der Waals surface area (Å²) >= 11 is 1.88. The predicted octanol–water partition coefficient (Wildman–Crippen LogP) is 2.10. The zero-order chi connectivity index (χ0) is 13.0. The molecule has 1 heterocycles. The molecule has 0 radical (unpaired) electrons. The second-order valence-electron chi connectivity index (χ2n) is 4.50. The predicted molar refractivity (Wildman–Crippen MR) is 75.1 cm³/mol. The molecule has 0 aromatic heterocycles. The Labute approximate surface area is 112 Å². The molecule has 1 atom stereocenters. The van der Waals surface area contributed by atoms with Crippen LogP contribution in [0.15, 0.2) is 18.2 Å². The van der Waals surface area contributed by atoms with Crippen LogP contribution in [0.3, 0.4) is 0 Å². The minimum absolute atomic E-state index is 0.133. The molecule has 0 saturated heterocycles. The molecule has 4 nitrogen and oxygen atoms in total. The normalized spacial score (nSPS) is 15.8. The molecule has 1 aliphatic rings. The van der Waals surface area contributed by atoms with E-state index in [1.165, 1.54) is 0 Å². The highest BCUT2D eigenvalue weighted by Gasteiger charge is 2.16. The molecule has 3 N–H and O–H groups in total. The largest absolute Gasteiger partial charge is 0.486 e. The first-order valence-electron chi connectivity index (χ1n) is 6.18. The van der Waals surface area contributed by atoms with Gasteiger partial charge in [-0.2, -0.15) is 11.8 Å². The number of hydrogen-bond acceptors (Lipinski definition) is 5. The molecular weight excluding hydrogens is 248 g/mol. The highest BCUT2D eigenvalue weighted by atomic mass is 32.2. The molecule has 2 rings (SSSR count). The van der Waals surface area contributed by atoms with Gasteiger partial charge in [0.05, 0.1) is 6.04 Å². The van der Waals surface area contributed by atoms with E-state index < -0.39 is 0 Å². The fraction of sp³-hybridized carbons (Fsp3) is 0.538. The van der Waals surface area contributed by atoms with Crippen molar-refractivity contribution in [3.05, 3.63) is 23.8 Å². The molecule has 100 valence electrons. The van der Waals surface area contributed by atoms with Crippen LogP contribution >= 0.6 is 11.8 Å². The Hall–Kier alpha value is -0.910. The Morgan fingerprint density at radius 1 is 1.28 bits per heavy atom. The maximum absolute atomic E-state index is 5.63. The number of hydrazine groups is 1. The zero-order valence-corrected chi connectivity index (χ0v) is 11.6. The Morgan fingerprint density at radius 3 is 2.67 bits per heavy atom. The van der Waals surface area contributed by atoms with Gasteiger partial charge in [-0.15, -0.1) is 0 Å². The molecule has 0 saturated carbocycles. The highest BCUT2D eigenvalue weighted by molar-refractivity contribution is 7.99. The first-order chi connectivity index (χ1) is 8.70. The topological polar surface area (TPSA) is 56.5 Å². The van der Waals surface area contributed by atoms with Gasteiger partial charge in [0, 0.05) is 5.75 Å². The van der Waals surface area contributed by atoms with E-state index in [-0.39, 0.29) is 6.04 Å². The summed E-state index contributed by atoms with van der Waals surface area (Å²) < 4.78 is 11.1. The highest BCUT2D eigenvalue weighted by Crippen LogP contribution is 2.33. The van der Waals surface area contributed by atoms with E-state index >= 15 is 0 Å². The van der Waals surface area contributed by atoms with Crippen molar-refractivity contribution in [1.29, 1.82) is 0 Å². The van der Waals surface area contributed by atoms with Crippen molar-refractivity contribution in [2.45, 2.75) is 25.1 Å². The second-order valence-corrected chi connectivity index (χ2v) is 6.11. The third-order valence-corrected chi connectivity index (χ3v) is 3.96. The van der Waals surface area contributed by atoms with E-state index in [4.69, 9.17) is 15.3 Å². The first kappa shape index (κ1) is 13.5. The molecule has 5 heteroatoms. The Morgan fingerprint density at radius 2 is 2.00 bits per heavy atom. The zero-order valence-electron chi connectivity index (χ0n) is 10.8. The lowest BCUT2D eigenvalue weighted by Gasteiger charge is -2.22. The molecule has 0 fully saturated rings. The second kappa shape index (κ2) is 6.31. The van der Waals surface area contributed by atoms with E-state index in [1.54, 1.807) is 0 Å². The summed E-state index contributed by atoms with van der Waals surface area (Å²) in [6.07, 6.45) is 0. The van der Waals surface area contributed by atoms with Crippen molar-refractivity contribution in [2.24, 2.45) is 5.84 Å². The molecule has 0 aliphatic carbocycles. The quantitative estimate of drug-likeness (QED) is 0.632. The SMILES string of the molecule is CC(C)SCC(NN)c1ccc2c(c1)OCCO2. The summed E-state index contributed by atoms with van der Waals surface area (Å²) in [5.41, 5.74) is 4.00. The number of thioether (sulfide) groups is 1. The smallest absolute Gasteiger partial charge is 0.161 e. The van der Waals surface area contributed by atoms with Crippen LogP contribution in [0.5, 0.6) is 11.5 Å². The van der Waals surface area contributed by atoms with Crippen LogP contribution in [0, 0.1) is 0 Å². The van der Waals surface area contributed by atoms with Crippen molar-refractivity contribution >= 4 is 11.8 Å². The van der Waals surface area contributed by atoms with Gasteiger partial charge in [0.1, 0.15) is 13.2 Å². The van der Waals surface area contributed by atoms with Crippen LogP contribution in [0.2, 0.25) is 0 Å². The number of nitrogens with one attached hydrogen (secondary N) is 1. The maximum atomic E-state index is 5.63. The minimum atomic E-state index is 0.133. The van der Waals surface area contributed by atoms with Crippen LogP contribution in [-0.2, 0) is 0 Å². The number of nitrogens with two attached hydrogens (primary N) is 1. The summed E-state index contributed by atoms with van der Waals surface area (Å²) in [6.45, 7) is 5.59. The molecule has 1 unspecified atom stereocenters. The third-order valence-electron chi connectivity index (χ3n) is 2.77. The van der Waals surface area contributed by atoms with Crippen molar-refractivity contribution in [2.75, 3.05) is 19.0 Å². The van der Waals surface area contributed by atoms with Crippen molar-refractivity contribution in [3.8, 4) is 11.5 Å².